The zero-order valence-corrected chi connectivity index (χ0v) is 11.2. The lowest BCUT2D eigenvalue weighted by Crippen LogP contribution is -2.16. The first-order valence-electron chi connectivity index (χ1n) is 4.62. The molecule has 15 heavy (non-hydrogen) atoms. The molecule has 0 radical (unpaired) electrons. The van der Waals surface area contributed by atoms with Crippen molar-refractivity contribution in [3.8, 4) is 11.5 Å². The molecule has 1 aromatic heterocycles. The molecule has 2 nitrogen and oxygen atoms in total. The topological polar surface area (TPSA) is 26.3 Å². The Morgan fingerprint density at radius 2 is 2.13 bits per heavy atom. The highest BCUT2D eigenvalue weighted by Crippen LogP contribution is 2.14. The first-order chi connectivity index (χ1) is 6.92. The Balaban J connectivity index is 2.85. The predicted molar refractivity (Wildman–Crippen MR) is 65.9 cm³/mol. The lowest BCUT2D eigenvalue weighted by molar-refractivity contribution is 0.0601. The van der Waals surface area contributed by atoms with E-state index in [1.54, 1.807) is 11.4 Å². The second-order valence-electron chi connectivity index (χ2n) is 4.19. The number of ether oxygens (including phenoxy) is 1. The molecular weight excluding hydrogens is 224 g/mol. The quantitative estimate of drug-likeness (QED) is 0.427. The van der Waals surface area contributed by atoms with Crippen LogP contribution in [0.3, 0.4) is 0 Å². The minimum Gasteiger partial charge on any atom is -0.465 e. The molecule has 0 saturated carbocycles. The van der Waals surface area contributed by atoms with Crippen LogP contribution in [0, 0.1) is 11.5 Å². The third-order valence-electron chi connectivity index (χ3n) is 1.58. The number of esters is 1. The highest BCUT2D eigenvalue weighted by atomic mass is 32.1. The van der Waals surface area contributed by atoms with Crippen LogP contribution in [0.1, 0.15) is 15.2 Å². The molecule has 1 aromatic rings. The summed E-state index contributed by atoms with van der Waals surface area (Å²) in [6.07, 6.45) is 0. The van der Waals surface area contributed by atoms with Crippen LogP contribution in [-0.2, 0) is 4.74 Å². The van der Waals surface area contributed by atoms with Crippen molar-refractivity contribution in [1.82, 2.24) is 0 Å². The number of carbonyl (C=O) groups is 1. The van der Waals surface area contributed by atoms with Crippen molar-refractivity contribution in [1.29, 1.82) is 0 Å². The van der Waals surface area contributed by atoms with E-state index < -0.39 is 8.07 Å². The molecular formula is C11H14O2SSi. The molecule has 0 atom stereocenters. The summed E-state index contributed by atoms with van der Waals surface area (Å²) in [5.74, 6) is 2.81. The van der Waals surface area contributed by atoms with Gasteiger partial charge < -0.3 is 4.74 Å². The van der Waals surface area contributed by atoms with Crippen molar-refractivity contribution in [3.63, 3.8) is 0 Å². The fraction of sp³-hybridized carbons (Fsp3) is 0.364. The molecule has 1 rings (SSSR count). The molecule has 0 aromatic carbocycles. The Morgan fingerprint density at radius 3 is 2.67 bits per heavy atom. The molecule has 0 N–H and O–H groups in total. The smallest absolute Gasteiger partial charge is 0.338 e. The average molecular weight is 238 g/mol. The van der Waals surface area contributed by atoms with Crippen molar-refractivity contribution >= 4 is 25.4 Å². The Morgan fingerprint density at radius 1 is 1.47 bits per heavy atom. The van der Waals surface area contributed by atoms with Crippen molar-refractivity contribution in [2.24, 2.45) is 0 Å². The first-order valence-corrected chi connectivity index (χ1v) is 9.00. The monoisotopic (exact) mass is 238 g/mol. The first kappa shape index (κ1) is 12.0. The van der Waals surface area contributed by atoms with Gasteiger partial charge in [-0.2, -0.15) is 0 Å². The van der Waals surface area contributed by atoms with Gasteiger partial charge in [0, 0.05) is 5.38 Å². The van der Waals surface area contributed by atoms with Gasteiger partial charge in [-0.3, -0.25) is 0 Å². The molecule has 0 aliphatic carbocycles. The van der Waals surface area contributed by atoms with Gasteiger partial charge in [-0.05, 0) is 6.07 Å². The number of hydrogen-bond donors (Lipinski definition) is 0. The second kappa shape index (κ2) is 4.64. The molecule has 0 fully saturated rings. The highest BCUT2D eigenvalue weighted by molar-refractivity contribution is 7.10. The zero-order chi connectivity index (χ0) is 11.5. The standard InChI is InChI=1S/C11H14O2SSi/c1-13-11(12)9-7-10(14-8-9)5-6-15(2,3)4/h7-8H,1-4H3. The average Bonchev–Trinajstić information content (AvgIpc) is 2.61. The second-order valence-corrected chi connectivity index (χ2v) is 9.85. The van der Waals surface area contributed by atoms with E-state index in [1.165, 1.54) is 18.4 Å². The summed E-state index contributed by atoms with van der Waals surface area (Å²) in [5.41, 5.74) is 3.84. The van der Waals surface area contributed by atoms with Crippen LogP contribution in [0.4, 0.5) is 0 Å². The Kier molecular flexibility index (Phi) is 3.72. The van der Waals surface area contributed by atoms with Gasteiger partial charge in [0.25, 0.3) is 0 Å². The maximum atomic E-state index is 11.2. The maximum Gasteiger partial charge on any atom is 0.338 e. The van der Waals surface area contributed by atoms with Gasteiger partial charge in [-0.25, -0.2) is 4.79 Å². The van der Waals surface area contributed by atoms with E-state index in [2.05, 4.69) is 35.8 Å². The molecule has 0 spiro atoms. The lowest BCUT2D eigenvalue weighted by atomic mass is 10.3. The lowest BCUT2D eigenvalue weighted by Gasteiger charge is -2.02. The van der Waals surface area contributed by atoms with Crippen LogP contribution in [0.2, 0.25) is 19.6 Å². The summed E-state index contributed by atoms with van der Waals surface area (Å²) in [6.45, 7) is 6.57. The molecule has 0 bridgehead atoms. The third-order valence-corrected chi connectivity index (χ3v) is 3.30. The SMILES string of the molecule is COC(=O)c1csc(C#C[Si](C)(C)C)c1. The van der Waals surface area contributed by atoms with E-state index in [0.717, 1.165) is 4.88 Å². The number of rotatable bonds is 1. The van der Waals surface area contributed by atoms with E-state index in [0.29, 0.717) is 5.56 Å². The van der Waals surface area contributed by atoms with Crippen LogP contribution in [0.5, 0.6) is 0 Å². The largest absolute Gasteiger partial charge is 0.465 e. The Bertz CT molecular complexity index is 418. The molecule has 1 heterocycles. The fourth-order valence-electron chi connectivity index (χ4n) is 0.876. The molecule has 80 valence electrons. The molecule has 0 aliphatic rings. The van der Waals surface area contributed by atoms with Crippen LogP contribution in [0.15, 0.2) is 11.4 Å². The van der Waals surface area contributed by atoms with Gasteiger partial charge in [0.15, 0.2) is 0 Å². The molecule has 0 saturated heterocycles. The molecule has 4 heteroatoms. The minimum absolute atomic E-state index is 0.299. The normalized spacial score (nSPS) is 10.4. The van der Waals surface area contributed by atoms with Gasteiger partial charge in [0.1, 0.15) is 8.07 Å². The van der Waals surface area contributed by atoms with Gasteiger partial charge in [-0.1, -0.05) is 25.6 Å². The summed E-state index contributed by atoms with van der Waals surface area (Å²) in [5, 5.41) is 1.78. The summed E-state index contributed by atoms with van der Waals surface area (Å²) in [7, 11) is 0.0455. The van der Waals surface area contributed by atoms with Crippen LogP contribution in [0.25, 0.3) is 0 Å². The molecule has 0 amide bonds. The fourth-order valence-corrected chi connectivity index (χ4v) is 2.20. The number of hydrogen-bond acceptors (Lipinski definition) is 3. The van der Waals surface area contributed by atoms with Crippen LogP contribution < -0.4 is 0 Å². The number of carbonyl (C=O) groups excluding carboxylic acids is 1. The van der Waals surface area contributed by atoms with E-state index in [9.17, 15) is 4.79 Å². The van der Waals surface area contributed by atoms with Gasteiger partial charge in [-0.15, -0.1) is 16.9 Å². The summed E-state index contributed by atoms with van der Waals surface area (Å²) < 4.78 is 4.62. The van der Waals surface area contributed by atoms with Crippen LogP contribution >= 0.6 is 11.3 Å². The van der Waals surface area contributed by atoms with Gasteiger partial charge in [0.2, 0.25) is 0 Å². The van der Waals surface area contributed by atoms with Gasteiger partial charge >= 0.3 is 5.97 Å². The van der Waals surface area contributed by atoms with E-state index in [-0.39, 0.29) is 5.97 Å². The van der Waals surface area contributed by atoms with Crippen molar-refractivity contribution in [2.75, 3.05) is 7.11 Å². The van der Waals surface area contributed by atoms with Crippen molar-refractivity contribution < 1.29 is 9.53 Å². The number of thiophene rings is 1. The summed E-state index contributed by atoms with van der Waals surface area (Å²) in [4.78, 5) is 12.1. The minimum atomic E-state index is -1.34. The van der Waals surface area contributed by atoms with E-state index in [1.807, 2.05) is 0 Å². The zero-order valence-electron chi connectivity index (χ0n) is 9.38. The van der Waals surface area contributed by atoms with Crippen LogP contribution in [-0.4, -0.2) is 21.2 Å². The van der Waals surface area contributed by atoms with Crippen molar-refractivity contribution in [2.45, 2.75) is 19.6 Å². The molecule has 0 unspecified atom stereocenters. The maximum absolute atomic E-state index is 11.2. The highest BCUT2D eigenvalue weighted by Gasteiger charge is 2.09. The Hall–Kier alpha value is -1.05. The van der Waals surface area contributed by atoms with Gasteiger partial charge in [0.05, 0.1) is 17.6 Å². The predicted octanol–water partition coefficient (Wildman–Crippen LogP) is 2.76. The van der Waals surface area contributed by atoms with Crippen molar-refractivity contribution in [3.05, 3.63) is 21.9 Å². The third kappa shape index (κ3) is 3.90. The van der Waals surface area contributed by atoms with E-state index in [4.69, 9.17) is 0 Å². The summed E-state index contributed by atoms with van der Waals surface area (Å²) in [6, 6.07) is 1.78. The molecule has 0 aliphatic heterocycles. The number of methoxy groups -OCH3 is 1. The Labute approximate surface area is 95.3 Å². The summed E-state index contributed by atoms with van der Waals surface area (Å²) >= 11 is 1.48. The van der Waals surface area contributed by atoms with E-state index >= 15 is 0 Å².